The summed E-state index contributed by atoms with van der Waals surface area (Å²) >= 11 is 5.90. The Hall–Kier alpha value is -2.24. The van der Waals surface area contributed by atoms with E-state index in [0.717, 1.165) is 0 Å². The lowest BCUT2D eigenvalue weighted by atomic mass is 10.1. The van der Waals surface area contributed by atoms with Crippen LogP contribution in [0.15, 0.2) is 53.8 Å². The molecule has 21 heavy (non-hydrogen) atoms. The van der Waals surface area contributed by atoms with E-state index in [4.69, 9.17) is 11.6 Å². The third-order valence-electron chi connectivity index (χ3n) is 3.23. The van der Waals surface area contributed by atoms with Gasteiger partial charge in [-0.2, -0.15) is 0 Å². The zero-order chi connectivity index (χ0) is 14.8. The summed E-state index contributed by atoms with van der Waals surface area (Å²) in [5.74, 6) is 0. The number of fused-ring (bicyclic) bond motifs is 1. The zero-order valence-corrected chi connectivity index (χ0v) is 11.7. The quantitative estimate of drug-likeness (QED) is 0.805. The molecule has 106 valence electrons. The molecule has 0 radical (unpaired) electrons. The van der Waals surface area contributed by atoms with Gasteiger partial charge in [0.05, 0.1) is 36.1 Å². The van der Waals surface area contributed by atoms with Crippen molar-refractivity contribution in [3.05, 3.63) is 70.0 Å². The van der Waals surface area contributed by atoms with E-state index < -0.39 is 6.10 Å². The summed E-state index contributed by atoms with van der Waals surface area (Å²) in [7, 11) is 0. The van der Waals surface area contributed by atoms with Gasteiger partial charge in [0.25, 0.3) is 5.56 Å². The summed E-state index contributed by atoms with van der Waals surface area (Å²) in [6, 6.07) is 8.55. The minimum Gasteiger partial charge on any atom is -0.387 e. The number of aliphatic hydroxyl groups excluding tert-OH is 1. The molecule has 5 nitrogen and oxygen atoms in total. The molecule has 0 aliphatic rings. The summed E-state index contributed by atoms with van der Waals surface area (Å²) in [4.78, 5) is 20.4. The summed E-state index contributed by atoms with van der Waals surface area (Å²) in [6.07, 6.45) is 3.67. The first-order valence-corrected chi connectivity index (χ1v) is 6.75. The van der Waals surface area contributed by atoms with Gasteiger partial charge in [-0.05, 0) is 23.8 Å². The van der Waals surface area contributed by atoms with Crippen LogP contribution in [0.5, 0.6) is 0 Å². The third kappa shape index (κ3) is 2.79. The van der Waals surface area contributed by atoms with Crippen molar-refractivity contribution in [1.29, 1.82) is 0 Å². The largest absolute Gasteiger partial charge is 0.387 e. The summed E-state index contributed by atoms with van der Waals surface area (Å²) < 4.78 is 1.38. The summed E-state index contributed by atoms with van der Waals surface area (Å²) in [5, 5.41) is 11.3. The maximum Gasteiger partial charge on any atom is 0.261 e. The number of aromatic nitrogens is 3. The second-order valence-electron chi connectivity index (χ2n) is 4.67. The van der Waals surface area contributed by atoms with Crippen LogP contribution >= 0.6 is 11.6 Å². The monoisotopic (exact) mass is 301 g/mol. The first kappa shape index (κ1) is 13.7. The standard InChI is InChI=1S/C15H12ClN3O2/c16-11-3-1-2-10(6-11)14(20)8-19-9-18-13-7-17-5-4-12(13)15(19)21/h1-7,9,14,20H,8H2/t14-/m0/s1. The smallest absolute Gasteiger partial charge is 0.261 e. The molecule has 1 atom stereocenters. The number of hydrogen-bond acceptors (Lipinski definition) is 4. The molecule has 3 aromatic rings. The molecular formula is C15H12ClN3O2. The second-order valence-corrected chi connectivity index (χ2v) is 5.10. The van der Waals surface area contributed by atoms with Gasteiger partial charge < -0.3 is 5.11 Å². The van der Waals surface area contributed by atoms with Gasteiger partial charge in [0.1, 0.15) is 0 Å². The normalized spacial score (nSPS) is 12.5. The van der Waals surface area contributed by atoms with Crippen molar-refractivity contribution in [3.63, 3.8) is 0 Å². The number of benzene rings is 1. The fraction of sp³-hybridized carbons (Fsp3) is 0.133. The maximum absolute atomic E-state index is 12.3. The number of rotatable bonds is 3. The number of hydrogen-bond donors (Lipinski definition) is 1. The van der Waals surface area contributed by atoms with Gasteiger partial charge in [-0.1, -0.05) is 23.7 Å². The first-order chi connectivity index (χ1) is 10.1. The fourth-order valence-electron chi connectivity index (χ4n) is 2.14. The Labute approximate surface area is 125 Å². The molecule has 6 heteroatoms. The molecule has 0 fully saturated rings. The van der Waals surface area contributed by atoms with Crippen molar-refractivity contribution >= 4 is 22.5 Å². The minimum atomic E-state index is -0.831. The van der Waals surface area contributed by atoms with Gasteiger partial charge >= 0.3 is 0 Å². The van der Waals surface area contributed by atoms with Crippen molar-refractivity contribution in [1.82, 2.24) is 14.5 Å². The Morgan fingerprint density at radius 3 is 3.00 bits per heavy atom. The molecule has 0 saturated heterocycles. The molecule has 0 saturated carbocycles. The van der Waals surface area contributed by atoms with Crippen molar-refractivity contribution in [2.75, 3.05) is 0 Å². The Kier molecular flexibility index (Phi) is 3.68. The van der Waals surface area contributed by atoms with E-state index in [2.05, 4.69) is 9.97 Å². The second kappa shape index (κ2) is 5.63. The van der Waals surface area contributed by atoms with Crippen molar-refractivity contribution < 1.29 is 5.11 Å². The SMILES string of the molecule is O=c1c2ccncc2ncn1C[C@H](O)c1cccc(Cl)c1. The fourth-order valence-corrected chi connectivity index (χ4v) is 2.34. The van der Waals surface area contributed by atoms with E-state index >= 15 is 0 Å². The van der Waals surface area contributed by atoms with Crippen LogP contribution in [0.25, 0.3) is 10.9 Å². The van der Waals surface area contributed by atoms with E-state index in [1.54, 1.807) is 36.5 Å². The lowest BCUT2D eigenvalue weighted by molar-refractivity contribution is 0.155. The van der Waals surface area contributed by atoms with E-state index in [9.17, 15) is 9.90 Å². The molecular weight excluding hydrogens is 290 g/mol. The summed E-state index contributed by atoms with van der Waals surface area (Å²) in [6.45, 7) is 0.116. The van der Waals surface area contributed by atoms with Gasteiger partial charge in [-0.3, -0.25) is 14.3 Å². The van der Waals surface area contributed by atoms with E-state index in [1.165, 1.54) is 17.1 Å². The number of halogens is 1. The molecule has 0 unspecified atom stereocenters. The predicted molar refractivity (Wildman–Crippen MR) is 80.2 cm³/mol. The first-order valence-electron chi connectivity index (χ1n) is 6.38. The molecule has 2 heterocycles. The topological polar surface area (TPSA) is 68.0 Å². The molecule has 1 aromatic carbocycles. The van der Waals surface area contributed by atoms with Crippen molar-refractivity contribution in [2.45, 2.75) is 12.6 Å². The predicted octanol–water partition coefficient (Wildman–Crippen LogP) is 2.18. The zero-order valence-electron chi connectivity index (χ0n) is 11.0. The van der Waals surface area contributed by atoms with Gasteiger partial charge in [0.15, 0.2) is 0 Å². The van der Waals surface area contributed by atoms with Crippen molar-refractivity contribution in [2.24, 2.45) is 0 Å². The molecule has 0 aliphatic heterocycles. The van der Waals surface area contributed by atoms with Crippen LogP contribution in [-0.4, -0.2) is 19.6 Å². The van der Waals surface area contributed by atoms with Gasteiger partial charge in [-0.25, -0.2) is 4.98 Å². The Morgan fingerprint density at radius 1 is 1.33 bits per heavy atom. The molecule has 0 spiro atoms. The van der Waals surface area contributed by atoms with Crippen LogP contribution in [0.2, 0.25) is 5.02 Å². The van der Waals surface area contributed by atoms with Gasteiger partial charge in [0.2, 0.25) is 0 Å². The Bertz CT molecular complexity index is 847. The number of nitrogens with zero attached hydrogens (tertiary/aromatic N) is 3. The van der Waals surface area contributed by atoms with Gasteiger partial charge in [0, 0.05) is 11.2 Å². The van der Waals surface area contributed by atoms with Crippen LogP contribution < -0.4 is 5.56 Å². The highest BCUT2D eigenvalue weighted by atomic mass is 35.5. The van der Waals surface area contributed by atoms with E-state index in [0.29, 0.717) is 21.5 Å². The lowest BCUT2D eigenvalue weighted by Gasteiger charge is -2.13. The Morgan fingerprint density at radius 2 is 2.19 bits per heavy atom. The highest BCUT2D eigenvalue weighted by molar-refractivity contribution is 6.30. The van der Waals surface area contributed by atoms with Crippen LogP contribution in [0.4, 0.5) is 0 Å². The average molecular weight is 302 g/mol. The van der Waals surface area contributed by atoms with E-state index in [-0.39, 0.29) is 12.1 Å². The molecule has 0 bridgehead atoms. The molecule has 0 aliphatic carbocycles. The lowest BCUT2D eigenvalue weighted by Crippen LogP contribution is -2.23. The number of aliphatic hydroxyl groups is 1. The number of pyridine rings is 1. The highest BCUT2D eigenvalue weighted by Gasteiger charge is 2.11. The molecule has 1 N–H and O–H groups in total. The minimum absolute atomic E-state index is 0.116. The molecule has 0 amide bonds. The Balaban J connectivity index is 1.95. The average Bonchev–Trinajstić information content (AvgIpc) is 2.50. The molecule has 2 aromatic heterocycles. The molecule has 3 rings (SSSR count). The third-order valence-corrected chi connectivity index (χ3v) is 3.47. The van der Waals surface area contributed by atoms with Crippen LogP contribution in [0.1, 0.15) is 11.7 Å². The van der Waals surface area contributed by atoms with Crippen LogP contribution in [0.3, 0.4) is 0 Å². The highest BCUT2D eigenvalue weighted by Crippen LogP contribution is 2.18. The summed E-state index contributed by atoms with van der Waals surface area (Å²) in [5.41, 5.74) is 0.990. The van der Waals surface area contributed by atoms with Crippen LogP contribution in [-0.2, 0) is 6.54 Å². The van der Waals surface area contributed by atoms with Crippen molar-refractivity contribution in [3.8, 4) is 0 Å². The maximum atomic E-state index is 12.3. The van der Waals surface area contributed by atoms with Gasteiger partial charge in [-0.15, -0.1) is 0 Å². The van der Waals surface area contributed by atoms with E-state index in [1.807, 2.05) is 0 Å². The van der Waals surface area contributed by atoms with Crippen LogP contribution in [0, 0.1) is 0 Å².